The summed E-state index contributed by atoms with van der Waals surface area (Å²) in [5, 5.41) is 8.52. The fraction of sp³-hybridized carbons (Fsp3) is 0.292. The Morgan fingerprint density at radius 1 is 0.967 bits per heavy atom. The fourth-order valence-electron chi connectivity index (χ4n) is 4.87. The maximum absolute atomic E-state index is 14.1. The van der Waals surface area contributed by atoms with Gasteiger partial charge in [0.05, 0.1) is 11.7 Å². The number of likely N-dealkylation sites (tertiary alicyclic amines) is 1. The smallest absolute Gasteiger partial charge is 0.254 e. The van der Waals surface area contributed by atoms with E-state index in [1.54, 1.807) is 12.1 Å². The molecule has 0 bridgehead atoms. The van der Waals surface area contributed by atoms with Crippen LogP contribution in [0.3, 0.4) is 0 Å². The van der Waals surface area contributed by atoms with Crippen LogP contribution in [0.4, 0.5) is 10.2 Å². The maximum Gasteiger partial charge on any atom is 0.254 e. The molecule has 0 radical (unpaired) electrons. The number of aromatic nitrogens is 2. The first-order valence-electron chi connectivity index (χ1n) is 10.3. The second-order valence-electron chi connectivity index (χ2n) is 8.19. The zero-order valence-corrected chi connectivity index (χ0v) is 16.8. The molecule has 2 aliphatic heterocycles. The number of anilines is 1. The summed E-state index contributed by atoms with van der Waals surface area (Å²) in [7, 11) is 0. The highest BCUT2D eigenvalue weighted by molar-refractivity contribution is 5.94. The van der Waals surface area contributed by atoms with E-state index in [0.29, 0.717) is 18.0 Å². The first-order chi connectivity index (χ1) is 14.6. The number of hydrogen-bond acceptors (Lipinski definition) is 4. The van der Waals surface area contributed by atoms with Gasteiger partial charge in [0.25, 0.3) is 5.91 Å². The van der Waals surface area contributed by atoms with Crippen molar-refractivity contribution in [2.24, 2.45) is 11.8 Å². The molecule has 6 heteroatoms. The number of carbonyl (C=O) groups excluding carboxylic acids is 1. The van der Waals surface area contributed by atoms with Crippen molar-refractivity contribution >= 4 is 11.7 Å². The Morgan fingerprint density at radius 2 is 1.80 bits per heavy atom. The van der Waals surface area contributed by atoms with Crippen LogP contribution in [-0.4, -0.2) is 40.6 Å². The van der Waals surface area contributed by atoms with Crippen molar-refractivity contribution in [2.45, 2.75) is 13.0 Å². The number of halogens is 1. The van der Waals surface area contributed by atoms with E-state index in [0.717, 1.165) is 30.2 Å². The lowest BCUT2D eigenvalue weighted by molar-refractivity contribution is 0.0715. The summed E-state index contributed by atoms with van der Waals surface area (Å²) in [6, 6.07) is 19.8. The molecule has 1 amide bonds. The lowest BCUT2D eigenvalue weighted by Gasteiger charge is -2.30. The zero-order valence-electron chi connectivity index (χ0n) is 16.8. The van der Waals surface area contributed by atoms with Crippen molar-refractivity contribution in [1.82, 2.24) is 15.1 Å². The Hall–Kier alpha value is -3.28. The van der Waals surface area contributed by atoms with Gasteiger partial charge < -0.3 is 9.80 Å². The molecular weight excluding hydrogens is 379 g/mol. The predicted molar refractivity (Wildman–Crippen MR) is 113 cm³/mol. The molecule has 0 aliphatic carbocycles. The first-order valence-corrected chi connectivity index (χ1v) is 10.3. The summed E-state index contributed by atoms with van der Waals surface area (Å²) in [4.78, 5) is 17.5. The second-order valence-corrected chi connectivity index (χ2v) is 8.19. The third-order valence-corrected chi connectivity index (χ3v) is 6.24. The Morgan fingerprint density at radius 3 is 2.53 bits per heavy atom. The van der Waals surface area contributed by atoms with E-state index in [9.17, 15) is 9.18 Å². The molecule has 5 rings (SSSR count). The molecule has 0 spiro atoms. The lowest BCUT2D eigenvalue weighted by Crippen LogP contribution is -2.36. The number of aryl methyl sites for hydroxylation is 1. The lowest BCUT2D eigenvalue weighted by atomic mass is 9.89. The normalized spacial score (nSPS) is 22.9. The van der Waals surface area contributed by atoms with Crippen LogP contribution in [0.5, 0.6) is 0 Å². The van der Waals surface area contributed by atoms with Gasteiger partial charge in [0.2, 0.25) is 0 Å². The molecule has 5 nitrogen and oxygen atoms in total. The number of carbonyl (C=O) groups is 1. The van der Waals surface area contributed by atoms with Crippen LogP contribution in [0.15, 0.2) is 66.7 Å². The quantitative estimate of drug-likeness (QED) is 0.667. The highest BCUT2D eigenvalue weighted by Gasteiger charge is 2.49. The van der Waals surface area contributed by atoms with E-state index < -0.39 is 0 Å². The number of hydrogen-bond donors (Lipinski definition) is 0. The summed E-state index contributed by atoms with van der Waals surface area (Å²) in [5.41, 5.74) is 2.40. The zero-order chi connectivity index (χ0) is 20.7. The monoisotopic (exact) mass is 402 g/mol. The van der Waals surface area contributed by atoms with Crippen LogP contribution >= 0.6 is 0 Å². The van der Waals surface area contributed by atoms with Gasteiger partial charge in [0, 0.05) is 37.0 Å². The average molecular weight is 402 g/mol. The van der Waals surface area contributed by atoms with Crippen molar-refractivity contribution < 1.29 is 9.18 Å². The van der Waals surface area contributed by atoms with Gasteiger partial charge in [-0.15, -0.1) is 5.10 Å². The summed E-state index contributed by atoms with van der Waals surface area (Å²) < 4.78 is 14.1. The molecule has 30 heavy (non-hydrogen) atoms. The van der Waals surface area contributed by atoms with Crippen LogP contribution in [0.25, 0.3) is 0 Å². The minimum absolute atomic E-state index is 0.000869. The Kier molecular flexibility index (Phi) is 4.69. The van der Waals surface area contributed by atoms with E-state index >= 15 is 0 Å². The molecule has 2 aromatic carbocycles. The van der Waals surface area contributed by atoms with Crippen molar-refractivity contribution in [2.75, 3.05) is 24.5 Å². The van der Waals surface area contributed by atoms with Gasteiger partial charge in [-0.3, -0.25) is 4.79 Å². The number of benzene rings is 2. The van der Waals surface area contributed by atoms with Gasteiger partial charge in [-0.25, -0.2) is 4.39 Å². The summed E-state index contributed by atoms with van der Waals surface area (Å²) in [5.74, 6) is 1.09. The molecule has 0 saturated carbocycles. The Bertz CT molecular complexity index is 1060. The van der Waals surface area contributed by atoms with E-state index in [1.807, 2.05) is 60.4 Å². The van der Waals surface area contributed by atoms with Crippen LogP contribution < -0.4 is 4.90 Å². The van der Waals surface area contributed by atoms with E-state index in [4.69, 9.17) is 0 Å². The standard InChI is InChI=1S/C24H23FN4O/c1-16-10-11-22(27-26-16)28-13-19-14-29(24(30)17-6-3-2-4-7-17)23(21(19)15-28)18-8-5-9-20(25)12-18/h2-12,19,21,23H,13-15H2,1H3/t19-,21-,23+/m0/s1. The Labute approximate surface area is 175 Å². The molecule has 152 valence electrons. The Balaban J connectivity index is 1.47. The molecule has 1 aromatic heterocycles. The van der Waals surface area contributed by atoms with Gasteiger partial charge >= 0.3 is 0 Å². The number of nitrogens with zero attached hydrogens (tertiary/aromatic N) is 4. The largest absolute Gasteiger partial charge is 0.354 e. The molecule has 0 N–H and O–H groups in total. The van der Waals surface area contributed by atoms with Gasteiger partial charge in [0.15, 0.2) is 5.82 Å². The number of fused-ring (bicyclic) bond motifs is 1. The fourth-order valence-corrected chi connectivity index (χ4v) is 4.87. The molecule has 3 aromatic rings. The highest BCUT2D eigenvalue weighted by Crippen LogP contribution is 2.46. The topological polar surface area (TPSA) is 49.3 Å². The molecule has 2 aliphatic rings. The molecule has 2 fully saturated rings. The van der Waals surface area contributed by atoms with Crippen molar-refractivity contribution in [3.8, 4) is 0 Å². The second kappa shape index (κ2) is 7.52. The van der Waals surface area contributed by atoms with Gasteiger partial charge in [-0.2, -0.15) is 5.10 Å². The van der Waals surface area contributed by atoms with Crippen molar-refractivity contribution in [3.05, 3.63) is 89.4 Å². The van der Waals surface area contributed by atoms with E-state index in [1.165, 1.54) is 6.07 Å². The summed E-state index contributed by atoms with van der Waals surface area (Å²) in [6.45, 7) is 4.15. The maximum atomic E-state index is 14.1. The first kappa shape index (κ1) is 18.7. The van der Waals surface area contributed by atoms with E-state index in [-0.39, 0.29) is 23.7 Å². The van der Waals surface area contributed by atoms with Gasteiger partial charge in [-0.05, 0) is 48.9 Å². The average Bonchev–Trinajstić information content (AvgIpc) is 3.32. The minimum Gasteiger partial charge on any atom is -0.354 e. The SMILES string of the molecule is Cc1ccc(N2C[C@H]3CN(C(=O)c4ccccc4)[C@H](c4cccc(F)c4)[C@H]3C2)nn1. The minimum atomic E-state index is -0.276. The predicted octanol–water partition coefficient (Wildman–Crippen LogP) is 3.87. The van der Waals surface area contributed by atoms with Crippen LogP contribution in [-0.2, 0) is 0 Å². The van der Waals surface area contributed by atoms with E-state index in [2.05, 4.69) is 15.1 Å². The van der Waals surface area contributed by atoms with Crippen molar-refractivity contribution in [3.63, 3.8) is 0 Å². The van der Waals surface area contributed by atoms with Crippen LogP contribution in [0.1, 0.15) is 27.7 Å². The van der Waals surface area contributed by atoms with Gasteiger partial charge in [0.1, 0.15) is 5.82 Å². The van der Waals surface area contributed by atoms with Crippen molar-refractivity contribution in [1.29, 1.82) is 0 Å². The van der Waals surface area contributed by atoms with Gasteiger partial charge in [-0.1, -0.05) is 30.3 Å². The number of amides is 1. The molecule has 3 heterocycles. The number of rotatable bonds is 3. The molecule has 2 saturated heterocycles. The molecule has 0 unspecified atom stereocenters. The summed E-state index contributed by atoms with van der Waals surface area (Å²) in [6.07, 6.45) is 0. The third kappa shape index (κ3) is 3.32. The highest BCUT2D eigenvalue weighted by atomic mass is 19.1. The third-order valence-electron chi connectivity index (χ3n) is 6.24. The molecule has 3 atom stereocenters. The molecular formula is C24H23FN4O. The van der Waals surface area contributed by atoms with Crippen LogP contribution in [0, 0.1) is 24.6 Å². The van der Waals surface area contributed by atoms with Crippen LogP contribution in [0.2, 0.25) is 0 Å². The summed E-state index contributed by atoms with van der Waals surface area (Å²) >= 11 is 0.